The molecule has 0 amide bonds. The van der Waals surface area contributed by atoms with Crippen molar-refractivity contribution in [3.63, 3.8) is 0 Å². The highest BCUT2D eigenvalue weighted by atomic mass is 35.5. The summed E-state index contributed by atoms with van der Waals surface area (Å²) in [5, 5.41) is 24.9. The quantitative estimate of drug-likeness (QED) is 0.0726. The summed E-state index contributed by atoms with van der Waals surface area (Å²) in [4.78, 5) is 20.5. The van der Waals surface area contributed by atoms with Crippen LogP contribution in [-0.2, 0) is 0 Å². The van der Waals surface area contributed by atoms with Gasteiger partial charge in [0.1, 0.15) is 34.1 Å². The fourth-order valence-corrected chi connectivity index (χ4v) is 8.08. The number of nitrogens with one attached hydrogen (secondary N) is 4. The summed E-state index contributed by atoms with van der Waals surface area (Å²) in [6.07, 6.45) is 16.3. The van der Waals surface area contributed by atoms with Crippen molar-refractivity contribution in [1.29, 1.82) is 0 Å². The molecule has 3 heterocycles. The normalized spacial score (nSPS) is 17.1. The summed E-state index contributed by atoms with van der Waals surface area (Å²) >= 11 is 18.6. The number of hydrogen-bond acceptors (Lipinski definition) is 12. The van der Waals surface area contributed by atoms with E-state index >= 15 is 0 Å². The van der Waals surface area contributed by atoms with Crippen LogP contribution in [0.3, 0.4) is 0 Å². The van der Waals surface area contributed by atoms with Gasteiger partial charge in [-0.2, -0.15) is 15.0 Å². The number of anilines is 7. The second-order valence-corrected chi connectivity index (χ2v) is 15.9. The molecule has 2 aromatic carbocycles. The zero-order valence-electron chi connectivity index (χ0n) is 32.3. The minimum absolute atomic E-state index is 0.222. The van der Waals surface area contributed by atoms with Gasteiger partial charge in [0.15, 0.2) is 0 Å². The van der Waals surface area contributed by atoms with Gasteiger partial charge in [-0.1, -0.05) is 86.2 Å². The van der Waals surface area contributed by atoms with E-state index in [4.69, 9.17) is 54.2 Å². The maximum atomic E-state index is 9.88. The lowest BCUT2D eigenvalue weighted by Crippen LogP contribution is -2.36. The summed E-state index contributed by atoms with van der Waals surface area (Å²) in [5.74, 6) is 4.67. The van der Waals surface area contributed by atoms with Crippen LogP contribution in [0.1, 0.15) is 89.9 Å². The van der Waals surface area contributed by atoms with E-state index < -0.39 is 0 Å². The summed E-state index contributed by atoms with van der Waals surface area (Å²) in [6, 6.07) is 15.6. The molecule has 12 nitrogen and oxygen atoms in total. The molecule has 3 aliphatic rings. The van der Waals surface area contributed by atoms with Crippen molar-refractivity contribution in [1.82, 2.24) is 19.9 Å². The Morgan fingerprint density at radius 1 is 0.589 bits per heavy atom. The van der Waals surface area contributed by atoms with Gasteiger partial charge >= 0.3 is 0 Å². The van der Waals surface area contributed by atoms with Gasteiger partial charge in [-0.05, 0) is 74.9 Å². The van der Waals surface area contributed by atoms with Gasteiger partial charge in [0.2, 0.25) is 11.9 Å². The smallest absolute Gasteiger partial charge is 0.231 e. The second kappa shape index (κ2) is 21.0. The van der Waals surface area contributed by atoms with Gasteiger partial charge in [0.25, 0.3) is 0 Å². The number of aliphatic hydroxyl groups is 1. The lowest BCUT2D eigenvalue weighted by molar-refractivity contribution is 0.145. The van der Waals surface area contributed by atoms with Crippen LogP contribution < -0.4 is 35.6 Å². The molecule has 5 N–H and O–H groups in total. The molecule has 0 spiro atoms. The first-order valence-corrected chi connectivity index (χ1v) is 21.0. The standard InChI is InChI=1S/C23H32ClN5O2.C18H22Cl2N4O/c1-31-20-9-8-17(14-19(20)24)26-23-27-21(25-16-6-4-2-3-5-7-16)15-22(28-23)29-12-10-18(30)11-13-29;1-25-15-9-8-13(10-14(15)19)22-18-23-16(20)11-17(24-18)21-12-6-4-2-3-5-7-12/h8-9,14-16,18,30H,2-7,10-13H2,1H3,(H2,25,26,27,28);8-12H,2-7H2,1H3,(H2,21,22,23,24). The molecule has 4 aromatic rings. The predicted molar refractivity (Wildman–Crippen MR) is 229 cm³/mol. The van der Waals surface area contributed by atoms with E-state index in [0.717, 1.165) is 54.8 Å². The average Bonchev–Trinajstić information content (AvgIpc) is 3.60. The van der Waals surface area contributed by atoms with Crippen molar-refractivity contribution in [3.8, 4) is 11.5 Å². The van der Waals surface area contributed by atoms with Gasteiger partial charge in [-0.15, -0.1) is 0 Å². The molecule has 0 radical (unpaired) electrons. The molecule has 2 saturated carbocycles. The Bertz CT molecular complexity index is 1850. The lowest BCUT2D eigenvalue weighted by Gasteiger charge is -2.31. The molecule has 0 bridgehead atoms. The van der Waals surface area contributed by atoms with E-state index in [2.05, 4.69) is 36.1 Å². The van der Waals surface area contributed by atoms with Crippen LogP contribution in [0.4, 0.5) is 40.7 Å². The SMILES string of the molecule is COc1ccc(Nc2nc(Cl)cc(NC3CCCCCC3)n2)cc1Cl.COc1ccc(Nc2nc(NC3CCCCCC3)cc(N3CCC(O)CC3)n2)cc1Cl. The van der Waals surface area contributed by atoms with Gasteiger partial charge in [0.05, 0.1) is 30.4 Å². The molecule has 1 aliphatic heterocycles. The molecule has 15 heteroatoms. The first-order valence-electron chi connectivity index (χ1n) is 19.9. The Hall–Kier alpha value is -3.97. The number of halogens is 3. The number of hydrogen-bond donors (Lipinski definition) is 5. The lowest BCUT2D eigenvalue weighted by atomic mass is 10.1. The molecule has 3 fully saturated rings. The summed E-state index contributed by atoms with van der Waals surface area (Å²) in [5.41, 5.74) is 1.57. The molecule has 0 atom stereocenters. The number of aliphatic hydroxyl groups excluding tert-OH is 1. The van der Waals surface area contributed by atoms with Gasteiger partial charge in [0, 0.05) is 48.7 Å². The van der Waals surface area contributed by atoms with Gasteiger partial charge < -0.3 is 40.7 Å². The molecule has 7 rings (SSSR count). The Balaban J connectivity index is 0.000000194. The van der Waals surface area contributed by atoms with Crippen molar-refractivity contribution >= 4 is 75.5 Å². The number of nitrogens with zero attached hydrogens (tertiary/aromatic N) is 5. The third-order valence-electron chi connectivity index (χ3n) is 10.4. The fraction of sp³-hybridized carbons (Fsp3) is 0.512. The van der Waals surface area contributed by atoms with Crippen LogP contribution in [0, 0.1) is 0 Å². The molecule has 0 unspecified atom stereocenters. The number of piperidine rings is 1. The van der Waals surface area contributed by atoms with E-state index in [9.17, 15) is 5.11 Å². The van der Waals surface area contributed by atoms with Crippen LogP contribution in [0.5, 0.6) is 11.5 Å². The molecular weight excluding hydrogens is 773 g/mol. The predicted octanol–water partition coefficient (Wildman–Crippen LogP) is 10.6. The van der Waals surface area contributed by atoms with Crippen LogP contribution in [0.15, 0.2) is 48.5 Å². The van der Waals surface area contributed by atoms with E-state index in [1.807, 2.05) is 30.3 Å². The number of rotatable bonds is 11. The average molecular weight is 827 g/mol. The number of methoxy groups -OCH3 is 2. The first kappa shape index (κ1) is 41.7. The molecule has 302 valence electrons. The third-order valence-corrected chi connectivity index (χ3v) is 11.2. The maximum Gasteiger partial charge on any atom is 0.231 e. The highest BCUT2D eigenvalue weighted by Crippen LogP contribution is 2.32. The highest BCUT2D eigenvalue weighted by Gasteiger charge is 2.21. The molecule has 2 aliphatic carbocycles. The van der Waals surface area contributed by atoms with Crippen molar-refractivity contribution in [2.24, 2.45) is 0 Å². The van der Waals surface area contributed by atoms with E-state index in [-0.39, 0.29) is 6.10 Å². The van der Waals surface area contributed by atoms with Crippen LogP contribution >= 0.6 is 34.8 Å². The molecule has 1 saturated heterocycles. The van der Waals surface area contributed by atoms with E-state index in [1.54, 1.807) is 32.4 Å². The Morgan fingerprint density at radius 2 is 1.05 bits per heavy atom. The summed E-state index contributed by atoms with van der Waals surface area (Å²) < 4.78 is 10.4. The molecule has 56 heavy (non-hydrogen) atoms. The fourth-order valence-electron chi connectivity index (χ4n) is 7.38. The zero-order valence-corrected chi connectivity index (χ0v) is 34.6. The van der Waals surface area contributed by atoms with E-state index in [1.165, 1.54) is 77.0 Å². The largest absolute Gasteiger partial charge is 0.495 e. The van der Waals surface area contributed by atoms with E-state index in [0.29, 0.717) is 50.7 Å². The minimum Gasteiger partial charge on any atom is -0.495 e. The zero-order chi connectivity index (χ0) is 39.3. The van der Waals surface area contributed by atoms with Crippen molar-refractivity contribution in [3.05, 3.63) is 63.7 Å². The van der Waals surface area contributed by atoms with Crippen molar-refractivity contribution in [2.75, 3.05) is 53.5 Å². The number of ether oxygens (including phenoxy) is 2. The van der Waals surface area contributed by atoms with Gasteiger partial charge in [-0.25, -0.2) is 4.98 Å². The van der Waals surface area contributed by atoms with Gasteiger partial charge in [-0.3, -0.25) is 0 Å². The second-order valence-electron chi connectivity index (χ2n) is 14.7. The van der Waals surface area contributed by atoms with Crippen molar-refractivity contribution in [2.45, 2.75) is 108 Å². The van der Waals surface area contributed by atoms with Crippen LogP contribution in [0.2, 0.25) is 15.2 Å². The van der Waals surface area contributed by atoms with Crippen molar-refractivity contribution < 1.29 is 14.6 Å². The maximum absolute atomic E-state index is 9.88. The Labute approximate surface area is 345 Å². The molecule has 2 aromatic heterocycles. The van der Waals surface area contributed by atoms with Crippen LogP contribution in [-0.4, -0.2) is 70.5 Å². The minimum atomic E-state index is -0.222. The monoisotopic (exact) mass is 825 g/mol. The number of aromatic nitrogens is 4. The molecular formula is C41H54Cl3N9O3. The Kier molecular flexibility index (Phi) is 15.6. The third kappa shape index (κ3) is 12.5. The highest BCUT2D eigenvalue weighted by molar-refractivity contribution is 6.32. The van der Waals surface area contributed by atoms with Crippen LogP contribution in [0.25, 0.3) is 0 Å². The summed E-state index contributed by atoms with van der Waals surface area (Å²) in [7, 11) is 3.18. The Morgan fingerprint density at radius 3 is 1.52 bits per heavy atom. The summed E-state index contributed by atoms with van der Waals surface area (Å²) in [6.45, 7) is 1.57. The topological polar surface area (TPSA) is 142 Å². The number of benzene rings is 2. The first-order chi connectivity index (χ1) is 27.2.